The van der Waals surface area contributed by atoms with Gasteiger partial charge in [0.2, 0.25) is 0 Å². The molecule has 0 spiro atoms. The van der Waals surface area contributed by atoms with Crippen LogP contribution >= 0.6 is 15.9 Å². The fraction of sp³-hybridized carbons (Fsp3) is 0.583. The van der Waals surface area contributed by atoms with Crippen molar-refractivity contribution in [2.75, 3.05) is 5.32 Å². The van der Waals surface area contributed by atoms with E-state index in [1.165, 1.54) is 0 Å². The topological polar surface area (TPSA) is 45.2 Å². The molecule has 0 amide bonds. The van der Waals surface area contributed by atoms with Crippen LogP contribution in [0.25, 0.3) is 0 Å². The molecule has 0 saturated carbocycles. The molecule has 16 heavy (non-hydrogen) atoms. The van der Waals surface area contributed by atoms with E-state index in [2.05, 4.69) is 26.2 Å². The summed E-state index contributed by atoms with van der Waals surface area (Å²) in [6, 6.07) is 1.94. The summed E-state index contributed by atoms with van der Waals surface area (Å²) in [4.78, 5) is 4.27. The average molecular weight is 287 g/mol. The predicted molar refractivity (Wildman–Crippen MR) is 70.7 cm³/mol. The lowest BCUT2D eigenvalue weighted by atomic mass is 9.86. The second kappa shape index (κ2) is 4.34. The molecule has 1 rings (SSSR count). The van der Waals surface area contributed by atoms with Gasteiger partial charge in [-0.2, -0.15) is 0 Å². The summed E-state index contributed by atoms with van der Waals surface area (Å²) in [6.45, 7) is 9.47. The van der Waals surface area contributed by atoms with E-state index in [1.807, 2.05) is 26.8 Å². The van der Waals surface area contributed by atoms with Crippen LogP contribution in [0.1, 0.15) is 33.3 Å². The van der Waals surface area contributed by atoms with Crippen LogP contribution in [0.3, 0.4) is 0 Å². The summed E-state index contributed by atoms with van der Waals surface area (Å²) in [5.74, 6) is 0.757. The van der Waals surface area contributed by atoms with Gasteiger partial charge in [0.15, 0.2) is 0 Å². The van der Waals surface area contributed by atoms with Crippen molar-refractivity contribution in [1.82, 2.24) is 4.98 Å². The van der Waals surface area contributed by atoms with Gasteiger partial charge in [-0.3, -0.25) is 0 Å². The van der Waals surface area contributed by atoms with E-state index < -0.39 is 11.1 Å². The first-order valence-corrected chi connectivity index (χ1v) is 6.06. The van der Waals surface area contributed by atoms with E-state index in [1.54, 1.807) is 20.0 Å². The van der Waals surface area contributed by atoms with E-state index in [-0.39, 0.29) is 0 Å². The Morgan fingerprint density at radius 2 is 1.88 bits per heavy atom. The highest BCUT2D eigenvalue weighted by Gasteiger charge is 2.35. The number of rotatable bonds is 3. The molecular formula is C12H19BrN2O. The largest absolute Gasteiger partial charge is 0.388 e. The first kappa shape index (κ1) is 13.5. The van der Waals surface area contributed by atoms with Crippen molar-refractivity contribution in [3.63, 3.8) is 0 Å². The predicted octanol–water partition coefficient (Wildman–Crippen LogP) is 3.11. The van der Waals surface area contributed by atoms with Gasteiger partial charge in [-0.1, -0.05) is 0 Å². The van der Waals surface area contributed by atoms with Crippen LogP contribution in [-0.2, 0) is 0 Å². The van der Waals surface area contributed by atoms with E-state index in [0.29, 0.717) is 0 Å². The summed E-state index contributed by atoms with van der Waals surface area (Å²) >= 11 is 3.49. The Bertz CT molecular complexity index is 383. The molecule has 0 atom stereocenters. The molecule has 1 aromatic rings. The van der Waals surface area contributed by atoms with Gasteiger partial charge in [0, 0.05) is 6.20 Å². The van der Waals surface area contributed by atoms with Gasteiger partial charge in [-0.25, -0.2) is 4.98 Å². The van der Waals surface area contributed by atoms with Crippen molar-refractivity contribution in [3.8, 4) is 0 Å². The summed E-state index contributed by atoms with van der Waals surface area (Å²) < 4.78 is 0.937. The Morgan fingerprint density at radius 3 is 2.38 bits per heavy atom. The summed E-state index contributed by atoms with van der Waals surface area (Å²) in [7, 11) is 0. The number of aromatic nitrogens is 1. The smallest absolute Gasteiger partial charge is 0.141 e. The maximum atomic E-state index is 10.1. The summed E-state index contributed by atoms with van der Waals surface area (Å²) in [5, 5.41) is 13.3. The van der Waals surface area contributed by atoms with Gasteiger partial charge in [0.1, 0.15) is 5.82 Å². The first-order valence-electron chi connectivity index (χ1n) is 5.27. The third-order valence-electron chi connectivity index (χ3n) is 3.04. The van der Waals surface area contributed by atoms with Crippen molar-refractivity contribution in [2.24, 2.45) is 0 Å². The zero-order chi connectivity index (χ0) is 12.6. The van der Waals surface area contributed by atoms with Crippen molar-refractivity contribution < 1.29 is 5.11 Å². The number of hydrogen-bond donors (Lipinski definition) is 2. The molecule has 2 N–H and O–H groups in total. The number of aliphatic hydroxyl groups is 1. The maximum absolute atomic E-state index is 10.1. The molecule has 1 aromatic heterocycles. The van der Waals surface area contributed by atoms with Crippen LogP contribution in [0.2, 0.25) is 0 Å². The van der Waals surface area contributed by atoms with E-state index in [4.69, 9.17) is 0 Å². The van der Waals surface area contributed by atoms with Crippen molar-refractivity contribution in [2.45, 2.75) is 45.8 Å². The van der Waals surface area contributed by atoms with Crippen LogP contribution < -0.4 is 5.32 Å². The fourth-order valence-electron chi connectivity index (χ4n) is 1.08. The van der Waals surface area contributed by atoms with Crippen molar-refractivity contribution >= 4 is 21.7 Å². The second-order valence-corrected chi connectivity index (χ2v) is 5.89. The fourth-order valence-corrected chi connectivity index (χ4v) is 1.41. The highest BCUT2D eigenvalue weighted by Crippen LogP contribution is 2.30. The minimum atomic E-state index is -0.835. The summed E-state index contributed by atoms with van der Waals surface area (Å²) in [6.07, 6.45) is 1.75. The van der Waals surface area contributed by atoms with Gasteiger partial charge in [-0.05, 0) is 62.2 Å². The Morgan fingerprint density at radius 1 is 1.31 bits per heavy atom. The van der Waals surface area contributed by atoms with Crippen molar-refractivity contribution in [1.29, 1.82) is 0 Å². The molecule has 0 bridgehead atoms. The number of halogens is 1. The molecule has 0 aromatic carbocycles. The molecule has 90 valence electrons. The average Bonchev–Trinajstić information content (AvgIpc) is 2.11. The van der Waals surface area contributed by atoms with Crippen LogP contribution in [0, 0.1) is 6.92 Å². The number of hydrogen-bond acceptors (Lipinski definition) is 3. The molecule has 3 nitrogen and oxygen atoms in total. The number of nitrogens with one attached hydrogen (secondary N) is 1. The normalized spacial score (nSPS) is 12.7. The first-order chi connectivity index (χ1) is 7.15. The lowest BCUT2D eigenvalue weighted by molar-refractivity contribution is 0.0238. The Balaban J connectivity index is 3.02. The Kier molecular flexibility index (Phi) is 3.65. The number of anilines is 1. The van der Waals surface area contributed by atoms with Gasteiger partial charge < -0.3 is 10.4 Å². The van der Waals surface area contributed by atoms with E-state index in [9.17, 15) is 5.11 Å². The van der Waals surface area contributed by atoms with Gasteiger partial charge in [0.05, 0.1) is 15.6 Å². The quantitative estimate of drug-likeness (QED) is 0.898. The molecule has 1 heterocycles. The third-order valence-corrected chi connectivity index (χ3v) is 4.04. The van der Waals surface area contributed by atoms with Gasteiger partial charge in [0.25, 0.3) is 0 Å². The molecule has 0 saturated heterocycles. The van der Waals surface area contributed by atoms with E-state index in [0.717, 1.165) is 15.9 Å². The minimum Gasteiger partial charge on any atom is -0.388 e. The molecule has 0 unspecified atom stereocenters. The Hall–Kier alpha value is -0.610. The second-order valence-electron chi connectivity index (χ2n) is 5.10. The number of nitrogens with zero attached hydrogens (tertiary/aromatic N) is 1. The third kappa shape index (κ3) is 2.74. The number of pyridine rings is 1. The van der Waals surface area contributed by atoms with Crippen LogP contribution in [0.15, 0.2) is 16.7 Å². The monoisotopic (exact) mass is 286 g/mol. The van der Waals surface area contributed by atoms with Crippen molar-refractivity contribution in [3.05, 3.63) is 22.3 Å². The lowest BCUT2D eigenvalue weighted by Crippen LogP contribution is -2.51. The molecular weight excluding hydrogens is 268 g/mol. The highest BCUT2D eigenvalue weighted by molar-refractivity contribution is 9.10. The Labute approximate surface area is 105 Å². The van der Waals surface area contributed by atoms with Crippen LogP contribution in [-0.4, -0.2) is 21.2 Å². The minimum absolute atomic E-state index is 0.462. The zero-order valence-corrected chi connectivity index (χ0v) is 12.0. The molecule has 0 fully saturated rings. The SMILES string of the molecule is Cc1ccnc(NC(C)(C)C(C)(C)O)c1Br. The van der Waals surface area contributed by atoms with Gasteiger partial charge in [-0.15, -0.1) is 0 Å². The standard InChI is InChI=1S/C12H19BrN2O/c1-8-6-7-14-10(9(8)13)15-11(2,3)12(4,5)16/h6-7,16H,1-5H3,(H,14,15). The zero-order valence-electron chi connectivity index (χ0n) is 10.4. The van der Waals surface area contributed by atoms with Gasteiger partial charge >= 0.3 is 0 Å². The number of aryl methyl sites for hydroxylation is 1. The maximum Gasteiger partial charge on any atom is 0.141 e. The molecule has 0 aliphatic heterocycles. The van der Waals surface area contributed by atoms with Crippen LogP contribution in [0.4, 0.5) is 5.82 Å². The summed E-state index contributed by atoms with van der Waals surface area (Å²) in [5.41, 5.74) is -0.183. The highest BCUT2D eigenvalue weighted by atomic mass is 79.9. The molecule has 0 aliphatic rings. The molecule has 0 radical (unpaired) electrons. The molecule has 4 heteroatoms. The molecule has 0 aliphatic carbocycles. The lowest BCUT2D eigenvalue weighted by Gasteiger charge is -2.38. The van der Waals surface area contributed by atoms with Crippen LogP contribution in [0.5, 0.6) is 0 Å². The van der Waals surface area contributed by atoms with E-state index >= 15 is 0 Å².